The van der Waals surface area contributed by atoms with Crippen LogP contribution >= 0.6 is 0 Å². The fraction of sp³-hybridized carbons (Fsp3) is 1.00. The van der Waals surface area contributed by atoms with Gasteiger partial charge in [0.1, 0.15) is 0 Å². The number of aliphatic hydroxyl groups is 1. The van der Waals surface area contributed by atoms with Crippen LogP contribution in [0.25, 0.3) is 0 Å². The van der Waals surface area contributed by atoms with Gasteiger partial charge in [0.05, 0.1) is 37.1 Å². The highest BCUT2D eigenvalue weighted by Crippen LogP contribution is 2.19. The Morgan fingerprint density at radius 1 is 0.900 bits per heavy atom. The standard InChI is InChI=1S/C16H34O4/c1-7-14(2)18-12-13-20-16(5,6)9-11-19-15(3,4)8-10-17/h14,17H,7-13H2,1-6H3. The van der Waals surface area contributed by atoms with Crippen molar-refractivity contribution in [2.24, 2.45) is 0 Å². The predicted octanol–water partition coefficient (Wildman–Crippen LogP) is 3.16. The maximum Gasteiger partial charge on any atom is 0.0707 e. The van der Waals surface area contributed by atoms with Crippen molar-refractivity contribution in [2.45, 2.75) is 78.1 Å². The Labute approximate surface area is 124 Å². The molecule has 0 aliphatic rings. The first kappa shape index (κ1) is 19.8. The van der Waals surface area contributed by atoms with Crippen LogP contribution in [-0.4, -0.2) is 48.8 Å². The van der Waals surface area contributed by atoms with Gasteiger partial charge in [-0.05, 0) is 53.9 Å². The summed E-state index contributed by atoms with van der Waals surface area (Å²) in [5.41, 5.74) is -0.487. The molecule has 0 amide bonds. The van der Waals surface area contributed by atoms with Crippen LogP contribution in [0.15, 0.2) is 0 Å². The van der Waals surface area contributed by atoms with Gasteiger partial charge in [0.2, 0.25) is 0 Å². The molecule has 0 aromatic heterocycles. The van der Waals surface area contributed by atoms with Gasteiger partial charge < -0.3 is 19.3 Å². The second-order valence-corrected chi connectivity index (χ2v) is 6.53. The molecule has 1 unspecified atom stereocenters. The highest BCUT2D eigenvalue weighted by molar-refractivity contribution is 4.72. The number of ether oxygens (including phenoxy) is 3. The third-order valence-corrected chi connectivity index (χ3v) is 3.46. The second-order valence-electron chi connectivity index (χ2n) is 6.53. The second kappa shape index (κ2) is 9.72. The zero-order chi connectivity index (χ0) is 15.6. The van der Waals surface area contributed by atoms with Gasteiger partial charge in [-0.25, -0.2) is 0 Å². The summed E-state index contributed by atoms with van der Waals surface area (Å²) >= 11 is 0. The number of hydrogen-bond acceptors (Lipinski definition) is 4. The first-order valence-electron chi connectivity index (χ1n) is 7.73. The van der Waals surface area contributed by atoms with E-state index >= 15 is 0 Å². The molecule has 0 aromatic rings. The molecule has 0 saturated carbocycles. The van der Waals surface area contributed by atoms with Crippen LogP contribution in [-0.2, 0) is 14.2 Å². The van der Waals surface area contributed by atoms with Crippen molar-refractivity contribution in [3.63, 3.8) is 0 Å². The molecule has 1 atom stereocenters. The zero-order valence-corrected chi connectivity index (χ0v) is 14.2. The smallest absolute Gasteiger partial charge is 0.0707 e. The van der Waals surface area contributed by atoms with E-state index in [0.717, 1.165) is 12.8 Å². The number of hydrogen-bond donors (Lipinski definition) is 1. The quantitative estimate of drug-likeness (QED) is 0.561. The van der Waals surface area contributed by atoms with Crippen LogP contribution in [0.4, 0.5) is 0 Å². The molecule has 0 radical (unpaired) electrons. The Bertz CT molecular complexity index is 239. The minimum Gasteiger partial charge on any atom is -0.396 e. The number of aliphatic hydroxyl groups excluding tert-OH is 1. The van der Waals surface area contributed by atoms with E-state index in [1.54, 1.807) is 0 Å². The normalized spacial score (nSPS) is 14.6. The van der Waals surface area contributed by atoms with Crippen molar-refractivity contribution in [1.29, 1.82) is 0 Å². The fourth-order valence-electron chi connectivity index (χ4n) is 1.67. The molecule has 1 N–H and O–H groups in total. The van der Waals surface area contributed by atoms with Crippen LogP contribution in [0.3, 0.4) is 0 Å². The highest BCUT2D eigenvalue weighted by atomic mass is 16.5. The topological polar surface area (TPSA) is 47.9 Å². The van der Waals surface area contributed by atoms with Gasteiger partial charge in [0.25, 0.3) is 0 Å². The van der Waals surface area contributed by atoms with Crippen molar-refractivity contribution in [3.8, 4) is 0 Å². The molecule has 0 rings (SSSR count). The third kappa shape index (κ3) is 10.6. The summed E-state index contributed by atoms with van der Waals surface area (Å²) in [4.78, 5) is 0. The monoisotopic (exact) mass is 290 g/mol. The van der Waals surface area contributed by atoms with Crippen LogP contribution < -0.4 is 0 Å². The molecule has 122 valence electrons. The maximum atomic E-state index is 8.95. The molecule has 0 aliphatic carbocycles. The molecule has 4 heteroatoms. The van der Waals surface area contributed by atoms with E-state index in [-0.39, 0.29) is 17.8 Å². The van der Waals surface area contributed by atoms with E-state index in [1.165, 1.54) is 0 Å². The third-order valence-electron chi connectivity index (χ3n) is 3.46. The lowest BCUT2D eigenvalue weighted by Crippen LogP contribution is -2.32. The van der Waals surface area contributed by atoms with E-state index in [1.807, 2.05) is 13.8 Å². The van der Waals surface area contributed by atoms with E-state index < -0.39 is 0 Å². The largest absolute Gasteiger partial charge is 0.396 e. The molecule has 0 spiro atoms. The van der Waals surface area contributed by atoms with Crippen molar-refractivity contribution in [2.75, 3.05) is 26.4 Å². The average Bonchev–Trinajstić information content (AvgIpc) is 2.33. The molecule has 0 saturated heterocycles. The summed E-state index contributed by atoms with van der Waals surface area (Å²) in [6.07, 6.45) is 2.80. The summed E-state index contributed by atoms with van der Waals surface area (Å²) in [5, 5.41) is 8.95. The van der Waals surface area contributed by atoms with Gasteiger partial charge in [-0.15, -0.1) is 0 Å². The molecule has 4 nitrogen and oxygen atoms in total. The summed E-state index contributed by atoms with van der Waals surface area (Å²) in [6.45, 7) is 14.3. The summed E-state index contributed by atoms with van der Waals surface area (Å²) < 4.78 is 17.2. The summed E-state index contributed by atoms with van der Waals surface area (Å²) in [7, 11) is 0. The van der Waals surface area contributed by atoms with Gasteiger partial charge in [0, 0.05) is 6.61 Å². The van der Waals surface area contributed by atoms with Crippen LogP contribution in [0.1, 0.15) is 60.8 Å². The minimum absolute atomic E-state index is 0.153. The molecular formula is C16H34O4. The SMILES string of the molecule is CCC(C)OCCOC(C)(C)CCOC(C)(C)CCO. The van der Waals surface area contributed by atoms with Crippen molar-refractivity contribution in [3.05, 3.63) is 0 Å². The molecule has 0 heterocycles. The van der Waals surface area contributed by atoms with E-state index in [0.29, 0.717) is 32.3 Å². The Kier molecular flexibility index (Phi) is 9.64. The molecule has 0 fully saturated rings. The van der Waals surface area contributed by atoms with Gasteiger partial charge in [-0.2, -0.15) is 0 Å². The average molecular weight is 290 g/mol. The van der Waals surface area contributed by atoms with Gasteiger partial charge in [0.15, 0.2) is 0 Å². The maximum absolute atomic E-state index is 8.95. The molecule has 20 heavy (non-hydrogen) atoms. The summed E-state index contributed by atoms with van der Waals surface area (Å²) in [6, 6.07) is 0. The van der Waals surface area contributed by atoms with Gasteiger partial charge >= 0.3 is 0 Å². The molecule has 0 aliphatic heterocycles. The first-order chi connectivity index (χ1) is 9.22. The Morgan fingerprint density at radius 3 is 2.00 bits per heavy atom. The first-order valence-corrected chi connectivity index (χ1v) is 7.73. The van der Waals surface area contributed by atoms with Crippen LogP contribution in [0.5, 0.6) is 0 Å². The van der Waals surface area contributed by atoms with E-state index in [4.69, 9.17) is 19.3 Å². The highest BCUT2D eigenvalue weighted by Gasteiger charge is 2.22. The number of rotatable bonds is 12. The van der Waals surface area contributed by atoms with Gasteiger partial charge in [-0.1, -0.05) is 6.92 Å². The molecular weight excluding hydrogens is 256 g/mol. The molecule has 0 aromatic carbocycles. The van der Waals surface area contributed by atoms with Crippen molar-refractivity contribution < 1.29 is 19.3 Å². The molecule has 0 bridgehead atoms. The zero-order valence-electron chi connectivity index (χ0n) is 14.2. The Morgan fingerprint density at radius 2 is 1.45 bits per heavy atom. The lowest BCUT2D eigenvalue weighted by molar-refractivity contribution is -0.0915. The summed E-state index contributed by atoms with van der Waals surface area (Å²) in [5.74, 6) is 0. The van der Waals surface area contributed by atoms with E-state index in [2.05, 4.69) is 27.7 Å². The van der Waals surface area contributed by atoms with Gasteiger partial charge in [-0.3, -0.25) is 0 Å². The minimum atomic E-state index is -0.273. The Hall–Kier alpha value is -0.160. The van der Waals surface area contributed by atoms with Crippen molar-refractivity contribution in [1.82, 2.24) is 0 Å². The van der Waals surface area contributed by atoms with Crippen LogP contribution in [0.2, 0.25) is 0 Å². The lowest BCUT2D eigenvalue weighted by Gasteiger charge is -2.29. The van der Waals surface area contributed by atoms with Crippen molar-refractivity contribution >= 4 is 0 Å². The lowest BCUT2D eigenvalue weighted by atomic mass is 10.0. The predicted molar refractivity (Wildman–Crippen MR) is 82.1 cm³/mol. The fourth-order valence-corrected chi connectivity index (χ4v) is 1.67. The van der Waals surface area contributed by atoms with E-state index in [9.17, 15) is 0 Å². The van der Waals surface area contributed by atoms with Crippen LogP contribution in [0, 0.1) is 0 Å². The Balaban J connectivity index is 3.79.